The van der Waals surface area contributed by atoms with Crippen LogP contribution >= 0.6 is 0 Å². The van der Waals surface area contributed by atoms with Gasteiger partial charge in [0.1, 0.15) is 18.1 Å². The minimum atomic E-state index is -3.66. The van der Waals surface area contributed by atoms with Crippen molar-refractivity contribution in [1.29, 1.82) is 0 Å². The van der Waals surface area contributed by atoms with Gasteiger partial charge in [-0.1, -0.05) is 0 Å². The maximum absolute atomic E-state index is 13.0. The van der Waals surface area contributed by atoms with Gasteiger partial charge in [-0.25, -0.2) is 21.1 Å². The van der Waals surface area contributed by atoms with Gasteiger partial charge >= 0.3 is 0 Å². The van der Waals surface area contributed by atoms with Gasteiger partial charge in [-0.2, -0.15) is 4.31 Å². The number of carbonyl (C=O) groups excluding carboxylic acids is 1. The molecule has 1 heterocycles. The predicted molar refractivity (Wildman–Crippen MR) is 137 cm³/mol. The van der Waals surface area contributed by atoms with Crippen molar-refractivity contribution in [2.45, 2.75) is 22.6 Å². The molecule has 11 nitrogen and oxygen atoms in total. The van der Waals surface area contributed by atoms with Crippen LogP contribution in [0.1, 0.15) is 12.0 Å². The smallest absolute Gasteiger partial charge is 0.243 e. The van der Waals surface area contributed by atoms with Crippen molar-refractivity contribution >= 4 is 26.0 Å². The highest BCUT2D eigenvalue weighted by Gasteiger charge is 2.27. The standard InChI is InChI=1S/C24H33N3O8S2/c1-26(2)36(29,30)21-7-5-20(6-8-21)35-15-12-25-24(28)11-4-19-18-22(9-10-23(19)33-3)37(31,32)27-13-16-34-17-14-27/h5-10,18H,4,11-17H2,1-3H3,(H,25,28). The summed E-state index contributed by atoms with van der Waals surface area (Å²) in [5.41, 5.74) is 0.621. The summed E-state index contributed by atoms with van der Waals surface area (Å²) in [6.07, 6.45) is 0.429. The maximum Gasteiger partial charge on any atom is 0.243 e. The van der Waals surface area contributed by atoms with Crippen LogP contribution in [0.3, 0.4) is 0 Å². The third kappa shape index (κ3) is 7.42. The van der Waals surface area contributed by atoms with Crippen LogP contribution in [0.5, 0.6) is 11.5 Å². The average Bonchev–Trinajstić information content (AvgIpc) is 2.90. The summed E-state index contributed by atoms with van der Waals surface area (Å²) >= 11 is 0. The van der Waals surface area contributed by atoms with Gasteiger partial charge in [0.25, 0.3) is 0 Å². The van der Waals surface area contributed by atoms with E-state index in [9.17, 15) is 21.6 Å². The highest BCUT2D eigenvalue weighted by Crippen LogP contribution is 2.26. The number of nitrogens with one attached hydrogen (secondary N) is 1. The Balaban J connectivity index is 1.50. The molecule has 1 N–H and O–H groups in total. The third-order valence-corrected chi connectivity index (χ3v) is 9.50. The molecule has 1 amide bonds. The van der Waals surface area contributed by atoms with E-state index in [0.717, 1.165) is 4.31 Å². The summed E-state index contributed by atoms with van der Waals surface area (Å²) in [4.78, 5) is 12.7. The molecule has 0 aromatic heterocycles. The Morgan fingerprint density at radius 3 is 2.30 bits per heavy atom. The molecule has 0 spiro atoms. The summed E-state index contributed by atoms with van der Waals surface area (Å²) < 4.78 is 68.9. The molecule has 0 unspecified atom stereocenters. The molecule has 0 atom stereocenters. The lowest BCUT2D eigenvalue weighted by atomic mass is 10.1. The van der Waals surface area contributed by atoms with Gasteiger partial charge in [0.15, 0.2) is 0 Å². The Labute approximate surface area is 218 Å². The minimum Gasteiger partial charge on any atom is -0.496 e. The van der Waals surface area contributed by atoms with E-state index in [1.165, 1.54) is 43.7 Å². The largest absolute Gasteiger partial charge is 0.496 e. The predicted octanol–water partition coefficient (Wildman–Crippen LogP) is 1.09. The Bertz CT molecular complexity index is 1270. The van der Waals surface area contributed by atoms with E-state index in [2.05, 4.69) is 5.32 Å². The van der Waals surface area contributed by atoms with E-state index >= 15 is 0 Å². The van der Waals surface area contributed by atoms with Gasteiger partial charge in [0, 0.05) is 33.6 Å². The summed E-state index contributed by atoms with van der Waals surface area (Å²) in [6, 6.07) is 10.7. The number of rotatable bonds is 12. The number of methoxy groups -OCH3 is 1. The first-order chi connectivity index (χ1) is 17.6. The Hall–Kier alpha value is -2.71. The second-order valence-electron chi connectivity index (χ2n) is 8.45. The number of hydrogen-bond donors (Lipinski definition) is 1. The van der Waals surface area contributed by atoms with Crippen molar-refractivity contribution in [2.75, 3.05) is 60.7 Å². The van der Waals surface area contributed by atoms with E-state index in [1.54, 1.807) is 24.3 Å². The number of carbonyl (C=O) groups is 1. The molecular formula is C24H33N3O8S2. The van der Waals surface area contributed by atoms with E-state index in [4.69, 9.17) is 14.2 Å². The van der Waals surface area contributed by atoms with Crippen LogP contribution in [0, 0.1) is 0 Å². The van der Waals surface area contributed by atoms with Gasteiger partial charge in [-0.3, -0.25) is 4.79 Å². The molecule has 1 fully saturated rings. The number of amides is 1. The fraction of sp³-hybridized carbons (Fsp3) is 0.458. The quantitative estimate of drug-likeness (QED) is 0.385. The van der Waals surface area contributed by atoms with Gasteiger partial charge in [0.05, 0.1) is 36.7 Å². The summed E-state index contributed by atoms with van der Waals surface area (Å²) in [5, 5.41) is 2.76. The SMILES string of the molecule is COc1ccc(S(=O)(=O)N2CCOCC2)cc1CCC(=O)NCCOc1ccc(S(=O)(=O)N(C)C)cc1. The first kappa shape index (κ1) is 28.9. The highest BCUT2D eigenvalue weighted by atomic mass is 32.2. The Kier molecular flexibility index (Phi) is 9.90. The fourth-order valence-electron chi connectivity index (χ4n) is 3.66. The lowest BCUT2D eigenvalue weighted by molar-refractivity contribution is -0.121. The normalized spacial score (nSPS) is 14.9. The average molecular weight is 556 g/mol. The van der Waals surface area contributed by atoms with E-state index in [0.29, 0.717) is 49.8 Å². The summed E-state index contributed by atoms with van der Waals surface area (Å²) in [5.74, 6) is 0.770. The minimum absolute atomic E-state index is 0.133. The molecule has 0 radical (unpaired) electrons. The van der Waals surface area contributed by atoms with Gasteiger partial charge in [-0.05, 0) is 54.4 Å². The van der Waals surface area contributed by atoms with Crippen LogP contribution in [0.2, 0.25) is 0 Å². The number of nitrogens with zero attached hydrogens (tertiary/aromatic N) is 2. The van der Waals surface area contributed by atoms with Crippen molar-refractivity contribution in [2.24, 2.45) is 0 Å². The molecule has 1 saturated heterocycles. The molecule has 1 aliphatic rings. The van der Waals surface area contributed by atoms with Crippen molar-refractivity contribution in [1.82, 2.24) is 13.9 Å². The van der Waals surface area contributed by atoms with Gasteiger partial charge < -0.3 is 19.5 Å². The molecule has 0 bridgehead atoms. The Morgan fingerprint density at radius 2 is 1.68 bits per heavy atom. The molecule has 204 valence electrons. The summed E-state index contributed by atoms with van der Waals surface area (Å²) in [7, 11) is -2.76. The number of hydrogen-bond acceptors (Lipinski definition) is 8. The monoisotopic (exact) mass is 555 g/mol. The van der Waals surface area contributed by atoms with Crippen LogP contribution in [-0.2, 0) is 36.0 Å². The number of morpholine rings is 1. The van der Waals surface area contributed by atoms with Crippen LogP contribution in [0.4, 0.5) is 0 Å². The zero-order valence-electron chi connectivity index (χ0n) is 21.2. The second-order valence-corrected chi connectivity index (χ2v) is 12.5. The molecule has 0 saturated carbocycles. The molecule has 2 aromatic rings. The lowest BCUT2D eigenvalue weighted by Crippen LogP contribution is -2.40. The number of benzene rings is 2. The number of sulfonamides is 2. The van der Waals surface area contributed by atoms with Crippen LogP contribution < -0.4 is 14.8 Å². The molecule has 3 rings (SSSR count). The first-order valence-electron chi connectivity index (χ1n) is 11.7. The summed E-state index contributed by atoms with van der Waals surface area (Å²) in [6.45, 7) is 1.76. The molecule has 13 heteroatoms. The zero-order valence-corrected chi connectivity index (χ0v) is 22.8. The van der Waals surface area contributed by atoms with Gasteiger partial charge in [-0.15, -0.1) is 0 Å². The van der Waals surface area contributed by atoms with Crippen LogP contribution in [-0.4, -0.2) is 92.0 Å². The van der Waals surface area contributed by atoms with E-state index in [1.807, 2.05) is 0 Å². The first-order valence-corrected chi connectivity index (χ1v) is 14.6. The molecule has 1 aliphatic heterocycles. The lowest BCUT2D eigenvalue weighted by Gasteiger charge is -2.26. The highest BCUT2D eigenvalue weighted by molar-refractivity contribution is 7.89. The molecular weight excluding hydrogens is 522 g/mol. The molecule has 0 aliphatic carbocycles. The molecule has 37 heavy (non-hydrogen) atoms. The topological polar surface area (TPSA) is 132 Å². The van der Waals surface area contributed by atoms with Crippen LogP contribution in [0.15, 0.2) is 52.3 Å². The van der Waals surface area contributed by atoms with E-state index < -0.39 is 20.0 Å². The maximum atomic E-state index is 13.0. The second kappa shape index (κ2) is 12.7. The number of aryl methyl sites for hydroxylation is 1. The van der Waals surface area contributed by atoms with Crippen molar-refractivity contribution < 1.29 is 35.8 Å². The van der Waals surface area contributed by atoms with E-state index in [-0.39, 0.29) is 35.3 Å². The molecule has 2 aromatic carbocycles. The fourth-order valence-corrected chi connectivity index (χ4v) is 6.02. The van der Waals surface area contributed by atoms with Crippen molar-refractivity contribution in [3.8, 4) is 11.5 Å². The third-order valence-electron chi connectivity index (χ3n) is 5.78. The van der Waals surface area contributed by atoms with Crippen molar-refractivity contribution in [3.05, 3.63) is 48.0 Å². The van der Waals surface area contributed by atoms with Gasteiger partial charge in [0.2, 0.25) is 26.0 Å². The van der Waals surface area contributed by atoms with Crippen molar-refractivity contribution in [3.63, 3.8) is 0 Å². The van der Waals surface area contributed by atoms with Crippen LogP contribution in [0.25, 0.3) is 0 Å². The Morgan fingerprint density at radius 1 is 1.03 bits per heavy atom. The zero-order chi connectivity index (χ0) is 27.1. The number of ether oxygens (including phenoxy) is 3.